The van der Waals surface area contributed by atoms with E-state index in [2.05, 4.69) is 82.3 Å². The van der Waals surface area contributed by atoms with Gasteiger partial charge in [0, 0.05) is 0 Å². The van der Waals surface area contributed by atoms with Crippen LogP contribution < -0.4 is 0 Å². The van der Waals surface area contributed by atoms with Crippen molar-refractivity contribution in [2.75, 3.05) is 0 Å². The molecule has 2 rings (SSSR count). The molecule has 0 saturated heterocycles. The monoisotopic (exact) mass is 268 g/mol. The van der Waals surface area contributed by atoms with Gasteiger partial charge in [-0.1, -0.05) is 96.1 Å². The highest BCUT2D eigenvalue weighted by atomic mass is 14.3. The van der Waals surface area contributed by atoms with Crippen molar-refractivity contribution in [1.29, 1.82) is 0 Å². The lowest BCUT2D eigenvalue weighted by Gasteiger charge is -2.30. The molecule has 0 fully saturated rings. The van der Waals surface area contributed by atoms with Gasteiger partial charge in [0.1, 0.15) is 0 Å². The van der Waals surface area contributed by atoms with Gasteiger partial charge in [0.05, 0.1) is 0 Å². The third-order valence-corrected chi connectivity index (χ3v) is 4.18. The standard InChI is InChI=1S/C18H22.C2H6/c1-14(2)18(3,4)17-12-10-16(11-13-17)15-8-6-5-7-9-15;1-2/h5-14H,1-4H3;1-2H3. The summed E-state index contributed by atoms with van der Waals surface area (Å²) in [4.78, 5) is 0. The zero-order valence-electron chi connectivity index (χ0n) is 13.8. The van der Waals surface area contributed by atoms with Gasteiger partial charge in [-0.05, 0) is 28.0 Å². The molecule has 0 saturated carbocycles. The SMILES string of the molecule is CC.CC(C)C(C)(C)c1ccc(-c2ccccc2)cc1. The summed E-state index contributed by atoms with van der Waals surface area (Å²) >= 11 is 0. The molecular formula is C20H28. The van der Waals surface area contributed by atoms with E-state index in [0.29, 0.717) is 5.92 Å². The number of hydrogen-bond acceptors (Lipinski definition) is 0. The van der Waals surface area contributed by atoms with Crippen molar-refractivity contribution >= 4 is 0 Å². The topological polar surface area (TPSA) is 0 Å². The quantitative estimate of drug-likeness (QED) is 0.611. The summed E-state index contributed by atoms with van der Waals surface area (Å²) in [6, 6.07) is 19.5. The Hall–Kier alpha value is -1.56. The van der Waals surface area contributed by atoms with E-state index < -0.39 is 0 Å². The van der Waals surface area contributed by atoms with Crippen LogP contribution in [0.15, 0.2) is 54.6 Å². The molecule has 0 bridgehead atoms. The van der Waals surface area contributed by atoms with Crippen LogP contribution in [0.4, 0.5) is 0 Å². The maximum Gasteiger partial charge on any atom is -0.00806 e. The van der Waals surface area contributed by atoms with Gasteiger partial charge in [-0.2, -0.15) is 0 Å². The van der Waals surface area contributed by atoms with Crippen molar-refractivity contribution in [2.45, 2.75) is 47.0 Å². The van der Waals surface area contributed by atoms with Gasteiger partial charge in [-0.15, -0.1) is 0 Å². The van der Waals surface area contributed by atoms with E-state index >= 15 is 0 Å². The first-order valence-corrected chi connectivity index (χ1v) is 7.68. The Morgan fingerprint density at radius 1 is 0.700 bits per heavy atom. The zero-order valence-corrected chi connectivity index (χ0v) is 13.8. The van der Waals surface area contributed by atoms with Gasteiger partial charge in [0.2, 0.25) is 0 Å². The molecule has 0 heteroatoms. The van der Waals surface area contributed by atoms with E-state index in [9.17, 15) is 0 Å². The predicted octanol–water partition coefficient (Wildman–Crippen LogP) is 6.31. The molecule has 0 unspecified atom stereocenters. The van der Waals surface area contributed by atoms with Crippen molar-refractivity contribution in [3.05, 3.63) is 60.2 Å². The van der Waals surface area contributed by atoms with Crippen LogP contribution in [-0.2, 0) is 5.41 Å². The molecule has 20 heavy (non-hydrogen) atoms. The first kappa shape index (κ1) is 16.5. The maximum atomic E-state index is 2.31. The van der Waals surface area contributed by atoms with Crippen LogP contribution in [0.25, 0.3) is 11.1 Å². The molecule has 0 aliphatic heterocycles. The maximum absolute atomic E-state index is 2.31. The number of rotatable bonds is 3. The molecular weight excluding hydrogens is 240 g/mol. The Balaban J connectivity index is 0.000000956. The van der Waals surface area contributed by atoms with Crippen molar-refractivity contribution in [2.24, 2.45) is 5.92 Å². The van der Waals surface area contributed by atoms with Gasteiger partial charge >= 0.3 is 0 Å². The largest absolute Gasteiger partial charge is 0.0683 e. The average molecular weight is 268 g/mol. The van der Waals surface area contributed by atoms with E-state index in [-0.39, 0.29) is 5.41 Å². The van der Waals surface area contributed by atoms with Gasteiger partial charge in [0.15, 0.2) is 0 Å². The third-order valence-electron chi connectivity index (χ3n) is 4.18. The molecule has 0 aliphatic rings. The second kappa shape index (κ2) is 7.28. The van der Waals surface area contributed by atoms with Crippen molar-refractivity contribution in [3.63, 3.8) is 0 Å². The minimum Gasteiger partial charge on any atom is -0.0683 e. The Morgan fingerprint density at radius 2 is 1.15 bits per heavy atom. The molecule has 0 heterocycles. The summed E-state index contributed by atoms with van der Waals surface area (Å²) in [6.45, 7) is 13.2. The Kier molecular flexibility index (Phi) is 6.01. The van der Waals surface area contributed by atoms with Gasteiger partial charge in [-0.25, -0.2) is 0 Å². The highest BCUT2D eigenvalue weighted by molar-refractivity contribution is 5.63. The number of hydrogen-bond donors (Lipinski definition) is 0. The Bertz CT molecular complexity index is 489. The fourth-order valence-corrected chi connectivity index (χ4v) is 2.06. The lowest BCUT2D eigenvalue weighted by molar-refractivity contribution is 0.372. The van der Waals surface area contributed by atoms with Crippen LogP contribution >= 0.6 is 0 Å². The second-order valence-corrected chi connectivity index (χ2v) is 5.82. The van der Waals surface area contributed by atoms with Crippen LogP contribution in [0, 0.1) is 5.92 Å². The molecule has 0 nitrogen and oxygen atoms in total. The first-order chi connectivity index (χ1) is 9.51. The predicted molar refractivity (Wildman–Crippen MR) is 91.1 cm³/mol. The molecule has 0 radical (unpaired) electrons. The second-order valence-electron chi connectivity index (χ2n) is 5.82. The average Bonchev–Trinajstić information content (AvgIpc) is 2.50. The summed E-state index contributed by atoms with van der Waals surface area (Å²) in [6.07, 6.45) is 0. The molecule has 0 N–H and O–H groups in total. The summed E-state index contributed by atoms with van der Waals surface area (Å²) in [5.41, 5.74) is 4.22. The van der Waals surface area contributed by atoms with E-state index in [1.54, 1.807) is 0 Å². The highest BCUT2D eigenvalue weighted by Gasteiger charge is 2.24. The smallest absolute Gasteiger partial charge is 0.00806 e. The van der Waals surface area contributed by atoms with Crippen LogP contribution in [-0.4, -0.2) is 0 Å². The molecule has 2 aromatic rings. The van der Waals surface area contributed by atoms with Crippen molar-refractivity contribution in [3.8, 4) is 11.1 Å². The summed E-state index contributed by atoms with van der Waals surface area (Å²) in [7, 11) is 0. The molecule has 0 spiro atoms. The van der Waals surface area contributed by atoms with E-state index in [0.717, 1.165) is 0 Å². The van der Waals surface area contributed by atoms with Gasteiger partial charge < -0.3 is 0 Å². The van der Waals surface area contributed by atoms with Crippen LogP contribution in [0.1, 0.15) is 47.1 Å². The molecule has 0 amide bonds. The lowest BCUT2D eigenvalue weighted by Crippen LogP contribution is -2.24. The highest BCUT2D eigenvalue weighted by Crippen LogP contribution is 2.32. The minimum absolute atomic E-state index is 0.231. The van der Waals surface area contributed by atoms with Crippen molar-refractivity contribution < 1.29 is 0 Å². The van der Waals surface area contributed by atoms with E-state index in [1.165, 1.54) is 16.7 Å². The Labute approximate surface area is 124 Å². The van der Waals surface area contributed by atoms with Gasteiger partial charge in [0.25, 0.3) is 0 Å². The van der Waals surface area contributed by atoms with Crippen LogP contribution in [0.3, 0.4) is 0 Å². The summed E-state index contributed by atoms with van der Waals surface area (Å²) < 4.78 is 0. The Morgan fingerprint density at radius 3 is 1.60 bits per heavy atom. The fraction of sp³-hybridized carbons (Fsp3) is 0.400. The van der Waals surface area contributed by atoms with Crippen molar-refractivity contribution in [1.82, 2.24) is 0 Å². The van der Waals surface area contributed by atoms with Crippen LogP contribution in [0.5, 0.6) is 0 Å². The van der Waals surface area contributed by atoms with E-state index in [1.807, 2.05) is 13.8 Å². The normalized spacial score (nSPS) is 10.9. The van der Waals surface area contributed by atoms with E-state index in [4.69, 9.17) is 0 Å². The summed E-state index contributed by atoms with van der Waals surface area (Å²) in [5, 5.41) is 0. The molecule has 2 aromatic carbocycles. The summed E-state index contributed by atoms with van der Waals surface area (Å²) in [5.74, 6) is 0.639. The molecule has 0 aliphatic carbocycles. The molecule has 108 valence electrons. The van der Waals surface area contributed by atoms with Crippen LogP contribution in [0.2, 0.25) is 0 Å². The lowest BCUT2D eigenvalue weighted by atomic mass is 9.75. The molecule has 0 atom stereocenters. The fourth-order valence-electron chi connectivity index (χ4n) is 2.06. The first-order valence-electron chi connectivity index (χ1n) is 7.68. The molecule has 0 aromatic heterocycles. The third kappa shape index (κ3) is 3.72. The zero-order chi connectivity index (χ0) is 15.2. The number of benzene rings is 2. The van der Waals surface area contributed by atoms with Gasteiger partial charge in [-0.3, -0.25) is 0 Å². The minimum atomic E-state index is 0.231.